The zero-order valence-electron chi connectivity index (χ0n) is 14.3. The van der Waals surface area contributed by atoms with Gasteiger partial charge in [0.25, 0.3) is 0 Å². The van der Waals surface area contributed by atoms with E-state index in [4.69, 9.17) is 4.74 Å². The van der Waals surface area contributed by atoms with Crippen LogP contribution in [0.25, 0.3) is 0 Å². The number of amides is 2. The monoisotopic (exact) mass is 368 g/mol. The Morgan fingerprint density at radius 2 is 1.84 bits per heavy atom. The third-order valence-corrected chi connectivity index (χ3v) is 4.98. The molecule has 1 fully saturated rings. The number of nitrogens with zero attached hydrogens (tertiary/aromatic N) is 1. The third-order valence-electron chi connectivity index (χ3n) is 4.00. The molecule has 0 unspecified atom stereocenters. The third kappa shape index (κ3) is 6.74. The van der Waals surface area contributed by atoms with E-state index in [1.807, 2.05) is 30.3 Å². The minimum atomic E-state index is -3.23. The van der Waals surface area contributed by atoms with Crippen molar-refractivity contribution in [3.8, 4) is 0 Å². The maximum Gasteiger partial charge on any atom is 0.408 e. The molecule has 1 aliphatic heterocycles. The minimum Gasteiger partial charge on any atom is -0.445 e. The highest BCUT2D eigenvalue weighted by atomic mass is 32.2. The Kier molecular flexibility index (Phi) is 6.81. The van der Waals surface area contributed by atoms with Crippen LogP contribution in [-0.2, 0) is 26.0 Å². The number of likely N-dealkylation sites (tertiary alicyclic amines) is 1. The molecule has 1 N–H and O–H groups in total. The lowest BCUT2D eigenvalue weighted by Gasteiger charge is -2.23. The second-order valence-corrected chi connectivity index (χ2v) is 8.47. The fraction of sp³-hybridized carbons (Fsp3) is 0.529. The van der Waals surface area contributed by atoms with Gasteiger partial charge in [0.1, 0.15) is 22.5 Å². The molecule has 1 atom stereocenters. The lowest BCUT2D eigenvalue weighted by molar-refractivity contribution is -0.132. The molecule has 0 spiro atoms. The van der Waals surface area contributed by atoms with Crippen LogP contribution < -0.4 is 5.32 Å². The van der Waals surface area contributed by atoms with Crippen molar-refractivity contribution in [3.05, 3.63) is 35.9 Å². The second kappa shape index (κ2) is 8.84. The van der Waals surface area contributed by atoms with Crippen molar-refractivity contribution in [2.45, 2.75) is 31.9 Å². The molecule has 138 valence electrons. The first kappa shape index (κ1) is 19.2. The Morgan fingerprint density at radius 1 is 1.20 bits per heavy atom. The Labute approximate surface area is 148 Å². The number of benzene rings is 1. The van der Waals surface area contributed by atoms with Crippen LogP contribution in [0.1, 0.15) is 24.8 Å². The van der Waals surface area contributed by atoms with Crippen LogP contribution in [-0.4, -0.2) is 56.5 Å². The molecule has 1 heterocycles. The van der Waals surface area contributed by atoms with Crippen LogP contribution in [0.5, 0.6) is 0 Å². The molecule has 0 saturated carbocycles. The number of carbonyl (C=O) groups is 2. The summed E-state index contributed by atoms with van der Waals surface area (Å²) in [6, 6.07) is 8.29. The molecule has 1 aliphatic rings. The second-order valence-electron chi connectivity index (χ2n) is 6.21. The van der Waals surface area contributed by atoms with Gasteiger partial charge in [-0.25, -0.2) is 13.2 Å². The molecule has 2 amide bonds. The van der Waals surface area contributed by atoms with Gasteiger partial charge in [-0.15, -0.1) is 0 Å². The Morgan fingerprint density at radius 3 is 2.44 bits per heavy atom. The summed E-state index contributed by atoms with van der Waals surface area (Å²) in [7, 11) is -3.23. The van der Waals surface area contributed by atoms with Crippen molar-refractivity contribution in [3.63, 3.8) is 0 Å². The van der Waals surface area contributed by atoms with Crippen LogP contribution in [0, 0.1) is 0 Å². The number of hydrogen-bond acceptors (Lipinski definition) is 5. The number of alkyl carbamates (subject to hydrolysis) is 1. The number of hydrogen-bond donors (Lipinski definition) is 1. The first-order chi connectivity index (χ1) is 11.8. The van der Waals surface area contributed by atoms with Crippen molar-refractivity contribution < 1.29 is 22.7 Å². The minimum absolute atomic E-state index is 0.0363. The summed E-state index contributed by atoms with van der Waals surface area (Å²) < 4.78 is 27.9. The normalized spacial score (nSPS) is 15.6. The summed E-state index contributed by atoms with van der Waals surface area (Å²) in [5.74, 6) is -0.422. The number of carbonyl (C=O) groups excluding carboxylic acids is 2. The Balaban J connectivity index is 1.93. The van der Waals surface area contributed by atoms with Crippen LogP contribution in [0.2, 0.25) is 0 Å². The zero-order chi connectivity index (χ0) is 18.3. The molecule has 1 saturated heterocycles. The van der Waals surface area contributed by atoms with Crippen molar-refractivity contribution in [1.82, 2.24) is 10.2 Å². The van der Waals surface area contributed by atoms with E-state index >= 15 is 0 Å². The summed E-state index contributed by atoms with van der Waals surface area (Å²) in [5.41, 5.74) is 0.830. The average Bonchev–Trinajstić information content (AvgIpc) is 3.11. The molecular formula is C17H24N2O5S. The molecule has 7 nitrogen and oxygen atoms in total. The van der Waals surface area contributed by atoms with E-state index in [2.05, 4.69) is 5.32 Å². The van der Waals surface area contributed by atoms with Gasteiger partial charge in [-0.1, -0.05) is 30.3 Å². The molecule has 0 aliphatic carbocycles. The fourth-order valence-corrected chi connectivity index (χ4v) is 3.32. The lowest BCUT2D eigenvalue weighted by Crippen LogP contribution is -2.48. The van der Waals surface area contributed by atoms with Crippen molar-refractivity contribution >= 4 is 21.8 Å². The predicted molar refractivity (Wildman–Crippen MR) is 93.7 cm³/mol. The number of rotatable bonds is 7. The summed E-state index contributed by atoms with van der Waals surface area (Å²) in [5, 5.41) is 2.52. The van der Waals surface area contributed by atoms with E-state index in [0.29, 0.717) is 13.1 Å². The highest BCUT2D eigenvalue weighted by Gasteiger charge is 2.29. The highest BCUT2D eigenvalue weighted by Crippen LogP contribution is 2.11. The fourth-order valence-electron chi connectivity index (χ4n) is 2.65. The van der Waals surface area contributed by atoms with E-state index in [9.17, 15) is 18.0 Å². The van der Waals surface area contributed by atoms with Crippen molar-refractivity contribution in [2.24, 2.45) is 0 Å². The van der Waals surface area contributed by atoms with Gasteiger partial charge in [0.15, 0.2) is 0 Å². The van der Waals surface area contributed by atoms with Gasteiger partial charge in [-0.05, 0) is 24.8 Å². The maximum absolute atomic E-state index is 12.5. The lowest BCUT2D eigenvalue weighted by atomic mass is 10.2. The van der Waals surface area contributed by atoms with E-state index in [1.54, 1.807) is 4.90 Å². The molecule has 2 rings (SSSR count). The van der Waals surface area contributed by atoms with Crippen molar-refractivity contribution in [1.29, 1.82) is 0 Å². The molecular weight excluding hydrogens is 344 g/mol. The largest absolute Gasteiger partial charge is 0.445 e. The predicted octanol–water partition coefficient (Wildman–Crippen LogP) is 1.34. The molecule has 1 aromatic rings. The Bertz CT molecular complexity index is 684. The van der Waals surface area contributed by atoms with Crippen LogP contribution in [0.4, 0.5) is 4.79 Å². The Hall–Kier alpha value is -2.09. The number of sulfone groups is 1. The molecule has 0 aromatic heterocycles. The van der Waals surface area contributed by atoms with Crippen LogP contribution in [0.3, 0.4) is 0 Å². The van der Waals surface area contributed by atoms with Crippen LogP contribution >= 0.6 is 0 Å². The van der Waals surface area contributed by atoms with Crippen LogP contribution in [0.15, 0.2) is 30.3 Å². The van der Waals surface area contributed by atoms with Gasteiger partial charge in [0.2, 0.25) is 5.91 Å². The summed E-state index contributed by atoms with van der Waals surface area (Å²) in [6.45, 7) is 1.35. The SMILES string of the molecule is CS(=O)(=O)CC[C@@H](NC(=O)OCc1ccccc1)C(=O)N1CCCC1. The maximum atomic E-state index is 12.5. The summed E-state index contributed by atoms with van der Waals surface area (Å²) in [4.78, 5) is 26.2. The molecule has 1 aromatic carbocycles. The van der Waals surface area contributed by atoms with Gasteiger partial charge in [0, 0.05) is 19.3 Å². The van der Waals surface area contributed by atoms with Crippen molar-refractivity contribution in [2.75, 3.05) is 25.1 Å². The first-order valence-electron chi connectivity index (χ1n) is 8.29. The molecule has 0 bridgehead atoms. The van der Waals surface area contributed by atoms with Gasteiger partial charge >= 0.3 is 6.09 Å². The number of ether oxygens (including phenoxy) is 1. The van der Waals surface area contributed by atoms with Gasteiger partial charge < -0.3 is 15.0 Å². The molecule has 0 radical (unpaired) electrons. The van der Waals surface area contributed by atoms with Gasteiger partial charge in [-0.2, -0.15) is 0 Å². The quantitative estimate of drug-likeness (QED) is 0.784. The molecule has 8 heteroatoms. The molecule has 25 heavy (non-hydrogen) atoms. The number of nitrogens with one attached hydrogen (secondary N) is 1. The standard InChI is InChI=1S/C17H24N2O5S/c1-25(22,23)12-9-15(16(20)19-10-5-6-11-19)18-17(21)24-13-14-7-3-2-4-8-14/h2-4,7-8,15H,5-6,9-13H2,1H3,(H,18,21)/t15-/m1/s1. The van der Waals surface area contributed by atoms with Gasteiger partial charge in [0.05, 0.1) is 5.75 Å². The van der Waals surface area contributed by atoms with E-state index in [0.717, 1.165) is 24.7 Å². The average molecular weight is 368 g/mol. The highest BCUT2D eigenvalue weighted by molar-refractivity contribution is 7.90. The van der Waals surface area contributed by atoms with E-state index in [1.165, 1.54) is 0 Å². The summed E-state index contributed by atoms with van der Waals surface area (Å²) >= 11 is 0. The van der Waals surface area contributed by atoms with E-state index in [-0.39, 0.29) is 24.7 Å². The summed E-state index contributed by atoms with van der Waals surface area (Å²) in [6.07, 6.45) is 2.26. The smallest absolute Gasteiger partial charge is 0.408 e. The first-order valence-corrected chi connectivity index (χ1v) is 10.3. The van der Waals surface area contributed by atoms with Gasteiger partial charge in [-0.3, -0.25) is 4.79 Å². The zero-order valence-corrected chi connectivity index (χ0v) is 15.1. The van der Waals surface area contributed by atoms with E-state index < -0.39 is 22.0 Å². The topological polar surface area (TPSA) is 92.8 Å².